The number of phenolic OH excluding ortho intramolecular Hbond substituents is 2. The molecule has 89 heavy (non-hydrogen) atoms. The normalized spacial score (nSPS) is 40.7. The molecule has 0 radical (unpaired) electrons. The van der Waals surface area contributed by atoms with Gasteiger partial charge in [0.2, 0.25) is 6.29 Å². The fraction of sp³-hybridized carbons (Fsp3) is 0.733. The summed E-state index contributed by atoms with van der Waals surface area (Å²) in [5.41, 5.74) is 1.00. The maximum atomic E-state index is 12.1. The Morgan fingerprint density at radius 3 is 1.51 bits per heavy atom. The lowest BCUT2D eigenvalue weighted by Crippen LogP contribution is -2.74. The molecular formula is C75H112O14. The highest BCUT2D eigenvalue weighted by atomic mass is 17.3. The number of benzene rings is 3. The van der Waals surface area contributed by atoms with E-state index in [1.807, 2.05) is 71.9 Å². The summed E-state index contributed by atoms with van der Waals surface area (Å²) < 4.78 is 11.5. The second kappa shape index (κ2) is 30.4. The number of carbonyl (C=O) groups excluding carboxylic acids is 2. The van der Waals surface area contributed by atoms with Crippen LogP contribution in [0, 0.1) is 71.0 Å². The Bertz CT molecular complexity index is 2750. The number of ether oxygens (including phenoxy) is 2. The van der Waals surface area contributed by atoms with E-state index in [1.54, 1.807) is 24.3 Å². The summed E-state index contributed by atoms with van der Waals surface area (Å²) in [6.45, 7) is 17.3. The highest BCUT2D eigenvalue weighted by molar-refractivity contribution is 5.94. The Morgan fingerprint density at radius 2 is 1.01 bits per heavy atom. The molecular weight excluding hydrogens is 1120 g/mol. The van der Waals surface area contributed by atoms with Gasteiger partial charge in [-0.15, -0.1) is 0 Å². The van der Waals surface area contributed by atoms with Crippen LogP contribution in [-0.2, 0) is 40.3 Å². The second-order valence-electron chi connectivity index (χ2n) is 27.9. The Labute approximate surface area is 532 Å². The predicted octanol–water partition coefficient (Wildman–Crippen LogP) is 15.2. The van der Waals surface area contributed by atoms with E-state index in [0.717, 1.165) is 40.7 Å². The minimum atomic E-state index is -1.48. The lowest BCUT2D eigenvalue weighted by atomic mass is 9.46. The molecule has 3 aromatic rings. The van der Waals surface area contributed by atoms with Gasteiger partial charge < -0.3 is 40.1 Å². The molecule has 6 bridgehead atoms. The summed E-state index contributed by atoms with van der Waals surface area (Å²) in [6, 6.07) is 21.5. The molecule has 14 heteroatoms. The predicted molar refractivity (Wildman–Crippen MR) is 343 cm³/mol. The summed E-state index contributed by atoms with van der Waals surface area (Å²) in [4.78, 5) is 46.9. The molecule has 12 aliphatic rings. The van der Waals surface area contributed by atoms with E-state index < -0.39 is 48.5 Å². The molecule has 3 aromatic carbocycles. The fourth-order valence-corrected chi connectivity index (χ4v) is 19.9. The first-order valence-corrected chi connectivity index (χ1v) is 35.5. The lowest BCUT2D eigenvalue weighted by Gasteiger charge is -2.68. The van der Waals surface area contributed by atoms with Crippen LogP contribution in [-0.4, -0.2) is 90.7 Å². The van der Waals surface area contributed by atoms with Gasteiger partial charge in [0.1, 0.15) is 58.6 Å². The Kier molecular flexibility index (Phi) is 23.7. The summed E-state index contributed by atoms with van der Waals surface area (Å²) in [5.74, 6) is 9.57. The number of aliphatic hydroxyl groups is 4. The number of phenols is 2. The van der Waals surface area contributed by atoms with Gasteiger partial charge in [-0.3, -0.25) is 9.59 Å². The van der Waals surface area contributed by atoms with Crippen molar-refractivity contribution < 1.29 is 69.3 Å². The van der Waals surface area contributed by atoms with Crippen LogP contribution in [0.4, 0.5) is 0 Å². The van der Waals surface area contributed by atoms with Gasteiger partial charge in [-0.05, 0) is 205 Å². The van der Waals surface area contributed by atoms with E-state index in [2.05, 4.69) is 19.9 Å². The first-order chi connectivity index (χ1) is 43.1. The van der Waals surface area contributed by atoms with Crippen molar-refractivity contribution in [3.63, 3.8) is 0 Å². The zero-order valence-electron chi connectivity index (χ0n) is 55.4. The molecule has 9 saturated carbocycles. The zero-order chi connectivity index (χ0) is 63.8. The number of hydrogen-bond donors (Lipinski definition) is 6. The molecule has 3 heterocycles. The first kappa shape index (κ1) is 69.4. The maximum absolute atomic E-state index is 12.1. The molecule has 3 saturated heterocycles. The van der Waals surface area contributed by atoms with Crippen molar-refractivity contribution in [1.82, 2.24) is 0 Å². The van der Waals surface area contributed by atoms with Crippen LogP contribution in [0.5, 0.6) is 17.2 Å². The third-order valence-electron chi connectivity index (χ3n) is 23.8. The van der Waals surface area contributed by atoms with Crippen molar-refractivity contribution in [2.24, 2.45) is 71.0 Å². The van der Waals surface area contributed by atoms with Crippen LogP contribution in [0.2, 0.25) is 0 Å². The van der Waals surface area contributed by atoms with Gasteiger partial charge in [0.25, 0.3) is 0 Å². The van der Waals surface area contributed by atoms with Crippen LogP contribution >= 0.6 is 0 Å². The zero-order valence-corrected chi connectivity index (χ0v) is 55.4. The highest BCUT2D eigenvalue weighted by Crippen LogP contribution is 2.70. The second-order valence-corrected chi connectivity index (χ2v) is 27.9. The minimum absolute atomic E-state index is 0.0316. The number of aromatic hydroxyl groups is 2. The van der Waals surface area contributed by atoms with E-state index in [1.165, 1.54) is 173 Å². The van der Waals surface area contributed by atoms with E-state index in [0.29, 0.717) is 64.3 Å². The topological polar surface area (TPSA) is 211 Å². The fourth-order valence-electron chi connectivity index (χ4n) is 19.9. The number of ketones is 2. The van der Waals surface area contributed by atoms with Crippen LogP contribution in [0.25, 0.3) is 0 Å². The average Bonchev–Trinajstić information content (AvgIpc) is 0.689. The molecule has 0 aromatic heterocycles. The maximum Gasteiger partial charge on any atom is 0.229 e. The largest absolute Gasteiger partial charge is 0.508 e. The van der Waals surface area contributed by atoms with Gasteiger partial charge in [-0.1, -0.05) is 155 Å². The number of rotatable bonds is 6. The Hall–Kier alpha value is -3.96. The van der Waals surface area contributed by atoms with Crippen molar-refractivity contribution in [1.29, 1.82) is 0 Å². The molecule has 14 nitrogen and oxygen atoms in total. The number of Topliss-reactive ketones (excluding diaryl/α,β-unsaturated/α-hetero) is 2. The standard InChI is InChI=1S/C27H38O8.C21H28O3.C13H20O.C8H8O2.3C2H6/c1-26(27(35-34-26)17-8-5-11-20(27)19-10-3-2-6-15(19)12-17)16-7-4-9-18(13-16)32-25-24(31)23(30)22(29)21(14-28)33-25;1-20(15-7-4-9-17(22)13-15)21(24-23-20)16-8-5-11-19(21)18-10-3-2-6-14(18)12-16;14-13-10-5-3-7-12(13)11-6-2-1-4-9(11)8-10;1-6(9)7-3-2-4-8(10)5-7;3*1-2/h4,7,9,13,15,17,19-25,28-31H,2-3,5-6,8,10-12,14H2,1H3;4,7,9,13-14,16,18-19,22H,2-3,5-6,8,10-12H2,1H3;9-12H,1-8H2;2-5,10H,1H3;3*1-2H3/t15?,17?,19?,20?,21?,22-,23-,24?,25+,26?,27?;;;;;;/m0....../s1. The Balaban J connectivity index is 0.000000150. The van der Waals surface area contributed by atoms with E-state index in [4.69, 9.17) is 34.1 Å². The summed E-state index contributed by atoms with van der Waals surface area (Å²) in [5, 5.41) is 58.9. The van der Waals surface area contributed by atoms with Crippen molar-refractivity contribution >= 4 is 11.6 Å². The van der Waals surface area contributed by atoms with Gasteiger partial charge in [-0.2, -0.15) is 0 Å². The van der Waals surface area contributed by atoms with E-state index in [-0.39, 0.29) is 22.7 Å². The smallest absolute Gasteiger partial charge is 0.229 e. The van der Waals surface area contributed by atoms with Crippen LogP contribution in [0.3, 0.4) is 0 Å². The number of carbonyl (C=O) groups is 2. The van der Waals surface area contributed by atoms with Crippen molar-refractivity contribution in [2.75, 3.05) is 6.61 Å². The molecule has 2 spiro atoms. The third-order valence-corrected chi connectivity index (χ3v) is 23.8. The highest BCUT2D eigenvalue weighted by Gasteiger charge is 2.75. The summed E-state index contributed by atoms with van der Waals surface area (Å²) >= 11 is 0. The van der Waals surface area contributed by atoms with Gasteiger partial charge >= 0.3 is 0 Å². The van der Waals surface area contributed by atoms with E-state index in [9.17, 15) is 35.1 Å². The SMILES string of the molecule is CC.CC.CC.CC(=O)c1cccc(O)c1.CC1(c2cccc(O)c2)OOC12C1CCCC2C2CCCCC2C1.CC1(c2cccc(O[C@@H]3OC(CO)[C@H](O)[C@H](O)C3O)c2)OOC12C1CCCC2C2CCCCC2C1.O=C1C2CCCC1C1CCCCC1C2. The number of aliphatic hydroxyl groups excluding tert-OH is 4. The van der Waals surface area contributed by atoms with Crippen molar-refractivity contribution in [3.8, 4) is 17.2 Å². The Morgan fingerprint density at radius 1 is 0.528 bits per heavy atom. The molecule has 0 amide bonds. The van der Waals surface area contributed by atoms with Gasteiger partial charge in [0, 0.05) is 17.4 Å². The minimum Gasteiger partial charge on any atom is -0.508 e. The number of hydrogen-bond acceptors (Lipinski definition) is 14. The van der Waals surface area contributed by atoms with E-state index >= 15 is 0 Å². The molecule has 21 atom stereocenters. The average molecular weight is 1240 g/mol. The first-order valence-electron chi connectivity index (χ1n) is 35.5. The van der Waals surface area contributed by atoms with Crippen LogP contribution < -0.4 is 4.74 Å². The summed E-state index contributed by atoms with van der Waals surface area (Å²) in [7, 11) is 0. The van der Waals surface area contributed by atoms with Crippen LogP contribution in [0.1, 0.15) is 238 Å². The van der Waals surface area contributed by atoms with Crippen molar-refractivity contribution in [3.05, 3.63) is 89.5 Å². The monoisotopic (exact) mass is 1240 g/mol. The molecule has 9 aliphatic carbocycles. The lowest BCUT2D eigenvalue weighted by molar-refractivity contribution is -0.590. The van der Waals surface area contributed by atoms with Gasteiger partial charge in [-0.25, -0.2) is 19.6 Å². The third kappa shape index (κ3) is 13.2. The van der Waals surface area contributed by atoms with Gasteiger partial charge in [0.15, 0.2) is 17.0 Å². The van der Waals surface area contributed by atoms with Crippen LogP contribution in [0.15, 0.2) is 72.8 Å². The van der Waals surface area contributed by atoms with Crippen molar-refractivity contribution in [2.45, 2.75) is 270 Å². The molecule has 3 aliphatic heterocycles. The molecule has 12 fully saturated rings. The molecule has 18 unspecified atom stereocenters. The molecule has 6 N–H and O–H groups in total. The number of fused-ring (bicyclic) bond motifs is 8. The molecule has 496 valence electrons. The summed E-state index contributed by atoms with van der Waals surface area (Å²) in [6.07, 6.45) is 24.8. The quantitative estimate of drug-likeness (QED) is 0.100. The molecule has 15 rings (SSSR count). The van der Waals surface area contributed by atoms with Gasteiger partial charge in [0.05, 0.1) is 6.61 Å².